The van der Waals surface area contributed by atoms with E-state index in [1.54, 1.807) is 14.2 Å². The third-order valence-electron chi connectivity index (χ3n) is 2.82. The lowest BCUT2D eigenvalue weighted by Gasteiger charge is -2.17. The molecule has 0 aliphatic heterocycles. The molecular weight excluding hydrogens is 330 g/mol. The molecule has 7 heteroatoms. The molecule has 0 fully saturated rings. The highest BCUT2D eigenvalue weighted by Crippen LogP contribution is 2.41. The van der Waals surface area contributed by atoms with E-state index in [0.717, 1.165) is 20.6 Å². The minimum Gasteiger partial charge on any atom is -0.495 e. The summed E-state index contributed by atoms with van der Waals surface area (Å²) < 4.78 is 15.3. The van der Waals surface area contributed by atoms with E-state index in [4.69, 9.17) is 15.2 Å². The van der Waals surface area contributed by atoms with Gasteiger partial charge in [-0.05, 0) is 46.5 Å². The van der Waals surface area contributed by atoms with Gasteiger partial charge in [0.1, 0.15) is 16.0 Å². The maximum absolute atomic E-state index is 6.29. The summed E-state index contributed by atoms with van der Waals surface area (Å²) in [5.74, 6) is 1.37. The quantitative estimate of drug-likeness (QED) is 0.923. The van der Waals surface area contributed by atoms with Crippen molar-refractivity contribution in [2.75, 3.05) is 14.2 Å². The van der Waals surface area contributed by atoms with Gasteiger partial charge in [0.25, 0.3) is 0 Å². The Morgan fingerprint density at radius 3 is 2.58 bits per heavy atom. The maximum Gasteiger partial charge on any atom is 0.141 e. The Morgan fingerprint density at radius 2 is 2.05 bits per heavy atom. The number of rotatable bonds is 4. The molecule has 1 aromatic carbocycles. The van der Waals surface area contributed by atoms with Gasteiger partial charge in [-0.25, -0.2) is 0 Å². The first-order valence-electron chi connectivity index (χ1n) is 5.55. The van der Waals surface area contributed by atoms with E-state index in [9.17, 15) is 0 Å². The second-order valence-corrected chi connectivity index (χ2v) is 5.48. The first-order valence-corrected chi connectivity index (χ1v) is 7.11. The highest BCUT2D eigenvalue weighted by atomic mass is 79.9. The van der Waals surface area contributed by atoms with E-state index in [2.05, 4.69) is 25.5 Å². The van der Waals surface area contributed by atoms with Gasteiger partial charge in [-0.2, -0.15) is 0 Å². The van der Waals surface area contributed by atoms with Crippen molar-refractivity contribution in [3.05, 3.63) is 32.7 Å². The molecule has 19 heavy (non-hydrogen) atoms. The molecule has 1 atom stereocenters. The van der Waals surface area contributed by atoms with Gasteiger partial charge in [0.15, 0.2) is 0 Å². The number of hydrogen-bond acceptors (Lipinski definition) is 6. The fraction of sp³-hybridized carbons (Fsp3) is 0.333. The summed E-state index contributed by atoms with van der Waals surface area (Å²) in [7, 11) is 3.21. The zero-order valence-electron chi connectivity index (χ0n) is 10.8. The van der Waals surface area contributed by atoms with E-state index in [-0.39, 0.29) is 6.04 Å². The summed E-state index contributed by atoms with van der Waals surface area (Å²) in [6, 6.07) is 3.43. The summed E-state index contributed by atoms with van der Waals surface area (Å²) in [6.45, 7) is 1.89. The number of benzene rings is 1. The Kier molecular flexibility index (Phi) is 4.38. The molecule has 0 aliphatic rings. The van der Waals surface area contributed by atoms with Crippen LogP contribution in [0.15, 0.2) is 16.6 Å². The number of methoxy groups -OCH3 is 2. The summed E-state index contributed by atoms with van der Waals surface area (Å²) in [6.07, 6.45) is 0. The van der Waals surface area contributed by atoms with Gasteiger partial charge in [-0.3, -0.25) is 0 Å². The normalized spacial score (nSPS) is 12.3. The maximum atomic E-state index is 6.29. The van der Waals surface area contributed by atoms with E-state index in [1.807, 2.05) is 19.1 Å². The molecule has 0 radical (unpaired) electrons. The molecule has 0 saturated carbocycles. The van der Waals surface area contributed by atoms with Gasteiger partial charge < -0.3 is 15.2 Å². The zero-order chi connectivity index (χ0) is 14.0. The van der Waals surface area contributed by atoms with Crippen LogP contribution in [-0.2, 0) is 0 Å². The summed E-state index contributed by atoms with van der Waals surface area (Å²) in [5.41, 5.74) is 7.99. The molecule has 102 valence electrons. The third kappa shape index (κ3) is 2.58. The average molecular weight is 344 g/mol. The molecule has 1 heterocycles. The second-order valence-electron chi connectivity index (χ2n) is 3.90. The molecule has 0 saturated heterocycles. The van der Waals surface area contributed by atoms with Crippen molar-refractivity contribution >= 4 is 27.5 Å². The predicted octanol–water partition coefficient (Wildman–Crippen LogP) is 2.67. The minimum atomic E-state index is -0.322. The van der Waals surface area contributed by atoms with Crippen LogP contribution in [0.5, 0.6) is 11.5 Å². The lowest BCUT2D eigenvalue weighted by Crippen LogP contribution is -2.13. The SMILES string of the molecule is COc1ccc(C(N)c2snnc2C)c(OC)c1Br. The average Bonchev–Trinajstić information content (AvgIpc) is 2.83. The molecule has 1 aromatic heterocycles. The van der Waals surface area contributed by atoms with Crippen LogP contribution in [0.2, 0.25) is 0 Å². The Balaban J connectivity index is 2.51. The van der Waals surface area contributed by atoms with Crippen molar-refractivity contribution in [3.63, 3.8) is 0 Å². The van der Waals surface area contributed by atoms with Gasteiger partial charge in [-0.1, -0.05) is 4.49 Å². The summed E-state index contributed by atoms with van der Waals surface area (Å²) >= 11 is 4.77. The van der Waals surface area contributed by atoms with Crippen molar-refractivity contribution in [2.24, 2.45) is 5.73 Å². The third-order valence-corrected chi connectivity index (χ3v) is 4.48. The van der Waals surface area contributed by atoms with Gasteiger partial charge in [0, 0.05) is 5.56 Å². The molecule has 0 amide bonds. The molecule has 2 aromatic rings. The van der Waals surface area contributed by atoms with E-state index in [0.29, 0.717) is 11.5 Å². The van der Waals surface area contributed by atoms with Gasteiger partial charge >= 0.3 is 0 Å². The number of nitrogens with zero attached hydrogens (tertiary/aromatic N) is 2. The lowest BCUT2D eigenvalue weighted by atomic mass is 10.0. The molecule has 0 aliphatic carbocycles. The van der Waals surface area contributed by atoms with Crippen molar-refractivity contribution in [3.8, 4) is 11.5 Å². The van der Waals surface area contributed by atoms with Crippen molar-refractivity contribution in [1.82, 2.24) is 9.59 Å². The predicted molar refractivity (Wildman–Crippen MR) is 77.9 cm³/mol. The minimum absolute atomic E-state index is 0.322. The number of aromatic nitrogens is 2. The zero-order valence-corrected chi connectivity index (χ0v) is 13.2. The highest BCUT2D eigenvalue weighted by molar-refractivity contribution is 9.10. The largest absolute Gasteiger partial charge is 0.495 e. The monoisotopic (exact) mass is 343 g/mol. The Hall–Kier alpha value is -1.18. The van der Waals surface area contributed by atoms with E-state index in [1.165, 1.54) is 11.5 Å². The number of hydrogen-bond donors (Lipinski definition) is 1. The summed E-state index contributed by atoms with van der Waals surface area (Å²) in [4.78, 5) is 0.926. The van der Waals surface area contributed by atoms with Crippen LogP contribution in [0.4, 0.5) is 0 Å². The molecule has 0 bridgehead atoms. The van der Waals surface area contributed by atoms with Crippen LogP contribution in [0, 0.1) is 6.92 Å². The van der Waals surface area contributed by atoms with E-state index < -0.39 is 0 Å². The first kappa shape index (κ1) is 14.2. The van der Waals surface area contributed by atoms with Crippen LogP contribution in [0.1, 0.15) is 22.2 Å². The van der Waals surface area contributed by atoms with Crippen molar-refractivity contribution in [2.45, 2.75) is 13.0 Å². The number of nitrogens with two attached hydrogens (primary N) is 1. The topological polar surface area (TPSA) is 70.3 Å². The Bertz CT molecular complexity index is 588. The van der Waals surface area contributed by atoms with Crippen LogP contribution in [-0.4, -0.2) is 23.8 Å². The van der Waals surface area contributed by atoms with Crippen LogP contribution in [0.3, 0.4) is 0 Å². The van der Waals surface area contributed by atoms with Crippen molar-refractivity contribution in [1.29, 1.82) is 0 Å². The fourth-order valence-corrected chi connectivity index (χ4v) is 3.18. The molecule has 2 rings (SSSR count). The molecule has 5 nitrogen and oxygen atoms in total. The molecule has 0 spiro atoms. The van der Waals surface area contributed by atoms with Gasteiger partial charge in [0.05, 0.1) is 30.8 Å². The van der Waals surface area contributed by atoms with E-state index >= 15 is 0 Å². The fourth-order valence-electron chi connectivity index (χ4n) is 1.83. The standard InChI is InChI=1S/C12H14BrN3O2S/c1-6-12(19-16-15-6)10(14)7-4-5-8(17-2)9(13)11(7)18-3/h4-5,10H,14H2,1-3H3. The smallest absolute Gasteiger partial charge is 0.141 e. The molecular formula is C12H14BrN3O2S. The number of halogens is 1. The van der Waals surface area contributed by atoms with Gasteiger partial charge in [-0.15, -0.1) is 5.10 Å². The lowest BCUT2D eigenvalue weighted by molar-refractivity contribution is 0.385. The second kappa shape index (κ2) is 5.85. The first-order chi connectivity index (χ1) is 9.10. The van der Waals surface area contributed by atoms with Crippen LogP contribution < -0.4 is 15.2 Å². The Morgan fingerprint density at radius 1 is 1.32 bits per heavy atom. The molecule has 1 unspecified atom stereocenters. The van der Waals surface area contributed by atoms with Crippen LogP contribution in [0.25, 0.3) is 0 Å². The summed E-state index contributed by atoms with van der Waals surface area (Å²) in [5, 5.41) is 3.99. The van der Waals surface area contributed by atoms with Crippen molar-refractivity contribution < 1.29 is 9.47 Å². The molecule has 2 N–H and O–H groups in total. The number of ether oxygens (including phenoxy) is 2. The Labute approximate surface area is 124 Å². The highest BCUT2D eigenvalue weighted by Gasteiger charge is 2.22. The van der Waals surface area contributed by atoms with Crippen LogP contribution >= 0.6 is 27.5 Å². The van der Waals surface area contributed by atoms with Gasteiger partial charge in [0.2, 0.25) is 0 Å². The number of aryl methyl sites for hydroxylation is 1.